The predicted molar refractivity (Wildman–Crippen MR) is 92.5 cm³/mol. The number of aromatic nitrogens is 1. The second kappa shape index (κ2) is 6.40. The number of hydrogen-bond acceptors (Lipinski definition) is 5. The molecule has 8 heteroatoms. The summed E-state index contributed by atoms with van der Waals surface area (Å²) < 4.78 is 6.78. The highest BCUT2D eigenvalue weighted by atomic mass is 32.1. The van der Waals surface area contributed by atoms with Crippen LogP contribution in [0.5, 0.6) is 5.88 Å². The SMILES string of the molecule is CCOC(=O)c1c(N=NC(N)=S)c(O)n2c1-c1ccccc1CC2. The molecular formula is C16H16N4O3S. The molecule has 2 heterocycles. The van der Waals surface area contributed by atoms with Crippen molar-refractivity contribution < 1.29 is 14.6 Å². The van der Waals surface area contributed by atoms with Crippen LogP contribution in [-0.2, 0) is 17.7 Å². The first kappa shape index (κ1) is 16.1. The number of nitrogens with two attached hydrogens (primary N) is 1. The molecule has 7 nitrogen and oxygen atoms in total. The van der Waals surface area contributed by atoms with Crippen molar-refractivity contribution >= 4 is 29.0 Å². The van der Waals surface area contributed by atoms with Crippen molar-refractivity contribution in [1.29, 1.82) is 0 Å². The molecule has 3 N–H and O–H groups in total. The van der Waals surface area contributed by atoms with Gasteiger partial charge >= 0.3 is 5.97 Å². The molecule has 124 valence electrons. The van der Waals surface area contributed by atoms with Gasteiger partial charge in [-0.2, -0.15) is 0 Å². The molecule has 1 aromatic carbocycles. The molecule has 0 bridgehead atoms. The number of thiocarbonyl (C=S) groups is 1. The molecule has 0 spiro atoms. The van der Waals surface area contributed by atoms with Crippen LogP contribution in [0.25, 0.3) is 11.3 Å². The number of nitrogens with zero attached hydrogens (tertiary/aromatic N) is 3. The summed E-state index contributed by atoms with van der Waals surface area (Å²) in [4.78, 5) is 12.5. The number of benzene rings is 1. The van der Waals surface area contributed by atoms with Gasteiger partial charge in [0, 0.05) is 12.1 Å². The van der Waals surface area contributed by atoms with Crippen molar-refractivity contribution in [3.8, 4) is 17.1 Å². The first-order valence-corrected chi connectivity index (χ1v) is 7.87. The van der Waals surface area contributed by atoms with E-state index in [1.54, 1.807) is 11.5 Å². The molecular weight excluding hydrogens is 328 g/mol. The Labute approximate surface area is 143 Å². The number of esters is 1. The summed E-state index contributed by atoms with van der Waals surface area (Å²) in [5.41, 5.74) is 8.05. The van der Waals surface area contributed by atoms with Crippen molar-refractivity contribution in [3.05, 3.63) is 35.4 Å². The van der Waals surface area contributed by atoms with Gasteiger partial charge in [-0.15, -0.1) is 10.2 Å². The molecule has 0 amide bonds. The van der Waals surface area contributed by atoms with E-state index in [0.29, 0.717) is 12.2 Å². The number of carbonyl (C=O) groups excluding carboxylic acids is 1. The molecule has 0 aliphatic carbocycles. The molecule has 0 unspecified atom stereocenters. The minimum absolute atomic E-state index is 0.0213. The van der Waals surface area contributed by atoms with Gasteiger partial charge < -0.3 is 20.1 Å². The summed E-state index contributed by atoms with van der Waals surface area (Å²) >= 11 is 4.68. The number of aryl methyl sites for hydroxylation is 1. The van der Waals surface area contributed by atoms with E-state index >= 15 is 0 Å². The minimum Gasteiger partial charge on any atom is -0.493 e. The summed E-state index contributed by atoms with van der Waals surface area (Å²) in [5.74, 6) is -0.724. The van der Waals surface area contributed by atoms with Gasteiger partial charge in [-0.1, -0.05) is 24.3 Å². The maximum atomic E-state index is 12.5. The van der Waals surface area contributed by atoms with Crippen LogP contribution < -0.4 is 5.73 Å². The van der Waals surface area contributed by atoms with Gasteiger partial charge in [0.2, 0.25) is 11.0 Å². The molecule has 0 saturated carbocycles. The van der Waals surface area contributed by atoms with Gasteiger partial charge in [0.05, 0.1) is 12.3 Å². The van der Waals surface area contributed by atoms with E-state index in [9.17, 15) is 9.90 Å². The zero-order valence-electron chi connectivity index (χ0n) is 13.0. The highest BCUT2D eigenvalue weighted by molar-refractivity contribution is 7.80. The van der Waals surface area contributed by atoms with Gasteiger partial charge in [0.25, 0.3) is 0 Å². The summed E-state index contributed by atoms with van der Waals surface area (Å²) in [7, 11) is 0. The molecule has 2 aromatic rings. The fraction of sp³-hybridized carbons (Fsp3) is 0.250. The summed E-state index contributed by atoms with van der Waals surface area (Å²) in [5, 5.41) is 17.8. The zero-order valence-corrected chi connectivity index (χ0v) is 13.8. The van der Waals surface area contributed by atoms with Crippen molar-refractivity contribution in [3.63, 3.8) is 0 Å². The Balaban J connectivity index is 2.28. The Morgan fingerprint density at radius 1 is 1.46 bits per heavy atom. The van der Waals surface area contributed by atoms with Crippen LogP contribution >= 0.6 is 12.2 Å². The Bertz CT molecular complexity index is 857. The van der Waals surface area contributed by atoms with Gasteiger partial charge in [-0.3, -0.25) is 0 Å². The third kappa shape index (κ3) is 2.65. The van der Waals surface area contributed by atoms with Crippen LogP contribution in [-0.4, -0.2) is 27.4 Å². The molecule has 0 fully saturated rings. The van der Waals surface area contributed by atoms with Gasteiger partial charge in [0.15, 0.2) is 5.69 Å². The highest BCUT2D eigenvalue weighted by Crippen LogP contribution is 2.45. The number of azo groups is 1. The first-order valence-electron chi connectivity index (χ1n) is 7.46. The first-order chi connectivity index (χ1) is 11.5. The smallest absolute Gasteiger partial charge is 0.342 e. The van der Waals surface area contributed by atoms with E-state index in [1.165, 1.54) is 0 Å². The number of rotatable bonds is 3. The third-order valence-corrected chi connectivity index (χ3v) is 3.90. The largest absolute Gasteiger partial charge is 0.493 e. The van der Waals surface area contributed by atoms with Crippen molar-refractivity contribution in [2.24, 2.45) is 16.0 Å². The molecule has 24 heavy (non-hydrogen) atoms. The average Bonchev–Trinajstić information content (AvgIpc) is 2.86. The van der Waals surface area contributed by atoms with Crippen LogP contribution in [0.2, 0.25) is 0 Å². The third-order valence-electron chi connectivity index (χ3n) is 3.82. The van der Waals surface area contributed by atoms with Gasteiger partial charge in [-0.25, -0.2) is 4.79 Å². The van der Waals surface area contributed by atoms with E-state index in [1.807, 2.05) is 24.3 Å². The Morgan fingerprint density at radius 3 is 2.92 bits per heavy atom. The standard InChI is InChI=1S/C16H16N4O3S/c1-2-23-15(22)11-12(18-19-16(17)24)14(21)20-8-7-9-5-3-4-6-10(9)13(11)20/h3-6,21H,2,7-8H2,1H3,(H2,17,24). The fourth-order valence-electron chi connectivity index (χ4n) is 2.88. The van der Waals surface area contributed by atoms with Gasteiger partial charge in [-0.05, 0) is 31.1 Å². The quantitative estimate of drug-likeness (QED) is 0.506. The number of fused-ring (bicyclic) bond motifs is 3. The lowest BCUT2D eigenvalue weighted by Crippen LogP contribution is -2.13. The minimum atomic E-state index is -0.574. The Kier molecular flexibility index (Phi) is 4.30. The number of hydrogen-bond donors (Lipinski definition) is 2. The average molecular weight is 344 g/mol. The zero-order chi connectivity index (χ0) is 17.3. The lowest BCUT2D eigenvalue weighted by Gasteiger charge is -2.20. The van der Waals surface area contributed by atoms with E-state index < -0.39 is 5.97 Å². The normalized spacial score (nSPS) is 12.7. The van der Waals surface area contributed by atoms with Crippen molar-refractivity contribution in [2.75, 3.05) is 6.61 Å². The molecule has 0 radical (unpaired) electrons. The fourth-order valence-corrected chi connectivity index (χ4v) is 2.92. The summed E-state index contributed by atoms with van der Waals surface area (Å²) in [6, 6.07) is 7.71. The Morgan fingerprint density at radius 2 is 2.21 bits per heavy atom. The molecule has 3 rings (SSSR count). The molecule has 1 aliphatic rings. The second-order valence-corrected chi connectivity index (χ2v) is 5.63. The second-order valence-electron chi connectivity index (χ2n) is 5.21. The van der Waals surface area contributed by atoms with Crippen LogP contribution in [0.3, 0.4) is 0 Å². The van der Waals surface area contributed by atoms with Crippen LogP contribution in [0, 0.1) is 0 Å². The molecule has 1 aliphatic heterocycles. The molecule has 0 atom stereocenters. The van der Waals surface area contributed by atoms with E-state index in [2.05, 4.69) is 22.4 Å². The number of aromatic hydroxyl groups is 1. The van der Waals surface area contributed by atoms with E-state index in [4.69, 9.17) is 10.5 Å². The monoisotopic (exact) mass is 344 g/mol. The van der Waals surface area contributed by atoms with E-state index in [-0.39, 0.29) is 28.9 Å². The van der Waals surface area contributed by atoms with Crippen molar-refractivity contribution in [1.82, 2.24) is 4.57 Å². The molecule has 0 saturated heterocycles. The topological polar surface area (TPSA) is 102 Å². The van der Waals surface area contributed by atoms with Gasteiger partial charge in [0.1, 0.15) is 5.56 Å². The maximum absolute atomic E-state index is 12.5. The molecule has 1 aromatic heterocycles. The van der Waals surface area contributed by atoms with E-state index in [0.717, 1.165) is 17.5 Å². The predicted octanol–water partition coefficient (Wildman–Crippen LogP) is 2.92. The lowest BCUT2D eigenvalue weighted by atomic mass is 9.96. The maximum Gasteiger partial charge on any atom is 0.342 e. The number of carbonyl (C=O) groups is 1. The Hall–Kier alpha value is -2.74. The van der Waals surface area contributed by atoms with Crippen LogP contribution in [0.15, 0.2) is 34.5 Å². The van der Waals surface area contributed by atoms with Crippen molar-refractivity contribution in [2.45, 2.75) is 19.9 Å². The van der Waals surface area contributed by atoms with Crippen LogP contribution in [0.1, 0.15) is 22.8 Å². The highest BCUT2D eigenvalue weighted by Gasteiger charge is 2.32. The lowest BCUT2D eigenvalue weighted by molar-refractivity contribution is 0.0528. The number of ether oxygens (including phenoxy) is 1. The van der Waals surface area contributed by atoms with Crippen LogP contribution in [0.4, 0.5) is 5.69 Å². The summed E-state index contributed by atoms with van der Waals surface area (Å²) in [6.07, 6.45) is 0.736. The summed E-state index contributed by atoms with van der Waals surface area (Å²) in [6.45, 7) is 2.44.